The average molecular weight is 522 g/mol. The zero-order valence-electron chi connectivity index (χ0n) is 22.4. The van der Waals surface area contributed by atoms with E-state index in [0.29, 0.717) is 55.9 Å². The molecular weight excluding hydrogens is 482 g/mol. The Balaban J connectivity index is 1.31. The fourth-order valence-corrected chi connectivity index (χ4v) is 5.61. The number of fused-ring (bicyclic) bond motifs is 2. The summed E-state index contributed by atoms with van der Waals surface area (Å²) in [6.45, 7) is 6.43. The minimum atomic E-state index is -0.168. The molecule has 2 saturated heterocycles. The number of pyridine rings is 1. The second kappa shape index (κ2) is 12.6. The van der Waals surface area contributed by atoms with Crippen LogP contribution in [0.15, 0.2) is 42.6 Å². The number of para-hydroxylation sites is 2. The van der Waals surface area contributed by atoms with E-state index in [9.17, 15) is 9.59 Å². The number of hydrogen-bond donors (Lipinski definition) is 0. The molecule has 0 radical (unpaired) electrons. The van der Waals surface area contributed by atoms with E-state index in [2.05, 4.69) is 19.7 Å². The number of aromatic nitrogens is 1. The first-order valence-corrected chi connectivity index (χ1v) is 13.9. The molecule has 38 heavy (non-hydrogen) atoms. The first kappa shape index (κ1) is 26.4. The van der Waals surface area contributed by atoms with Gasteiger partial charge < -0.3 is 24.2 Å². The monoisotopic (exact) mass is 521 g/mol. The van der Waals surface area contributed by atoms with Crippen LogP contribution >= 0.6 is 0 Å². The van der Waals surface area contributed by atoms with Crippen LogP contribution in [-0.2, 0) is 4.79 Å². The van der Waals surface area contributed by atoms with Crippen LogP contribution in [0.1, 0.15) is 42.5 Å². The van der Waals surface area contributed by atoms with Crippen molar-refractivity contribution in [3.05, 3.63) is 48.2 Å². The van der Waals surface area contributed by atoms with Gasteiger partial charge in [-0.3, -0.25) is 14.5 Å². The Hall–Kier alpha value is -3.17. The van der Waals surface area contributed by atoms with Crippen LogP contribution in [0.5, 0.6) is 17.4 Å². The van der Waals surface area contributed by atoms with E-state index in [1.807, 2.05) is 18.2 Å². The number of ether oxygens (including phenoxy) is 2. The van der Waals surface area contributed by atoms with E-state index in [4.69, 9.17) is 9.47 Å². The molecule has 0 aliphatic carbocycles. The Bertz CT molecular complexity index is 1110. The van der Waals surface area contributed by atoms with Crippen molar-refractivity contribution in [3.63, 3.8) is 0 Å². The van der Waals surface area contributed by atoms with Gasteiger partial charge >= 0.3 is 0 Å². The molecule has 3 aliphatic rings. The summed E-state index contributed by atoms with van der Waals surface area (Å²) in [5.74, 6) is 1.34. The van der Waals surface area contributed by atoms with E-state index < -0.39 is 0 Å². The zero-order valence-corrected chi connectivity index (χ0v) is 22.4. The molecule has 5 rings (SSSR count). The maximum atomic E-state index is 13.6. The number of likely N-dealkylation sites (N-methyl/N-ethyl adjacent to an activating group) is 1. The normalized spacial score (nSPS) is 21.8. The molecular formula is C29H39N5O4. The van der Waals surface area contributed by atoms with E-state index in [1.165, 1.54) is 19.3 Å². The van der Waals surface area contributed by atoms with Crippen LogP contribution in [-0.4, -0.2) is 108 Å². The highest BCUT2D eigenvalue weighted by Crippen LogP contribution is 2.32. The number of carbonyl (C=O) groups excluding carboxylic acids is 2. The molecule has 1 atom stereocenters. The molecule has 0 saturated carbocycles. The largest absolute Gasteiger partial charge is 0.488 e. The summed E-state index contributed by atoms with van der Waals surface area (Å²) in [7, 11) is 1.78. The zero-order chi connectivity index (χ0) is 26.3. The molecule has 2 amide bonds. The molecule has 0 N–H and O–H groups in total. The van der Waals surface area contributed by atoms with Gasteiger partial charge in [0.25, 0.3) is 5.91 Å². The van der Waals surface area contributed by atoms with E-state index >= 15 is 0 Å². The Morgan fingerprint density at radius 1 is 0.921 bits per heavy atom. The summed E-state index contributed by atoms with van der Waals surface area (Å²) in [6, 6.07) is 11.1. The molecule has 0 spiro atoms. The van der Waals surface area contributed by atoms with Crippen molar-refractivity contribution in [2.45, 2.75) is 38.1 Å². The summed E-state index contributed by atoms with van der Waals surface area (Å²) >= 11 is 0. The number of rotatable bonds is 4. The highest BCUT2D eigenvalue weighted by Gasteiger charge is 2.30. The van der Waals surface area contributed by atoms with Gasteiger partial charge in [-0.25, -0.2) is 4.98 Å². The highest BCUT2D eigenvalue weighted by atomic mass is 16.5. The van der Waals surface area contributed by atoms with Crippen LogP contribution in [0.25, 0.3) is 0 Å². The number of nitrogens with zero attached hydrogens (tertiary/aromatic N) is 5. The maximum absolute atomic E-state index is 13.6. The van der Waals surface area contributed by atoms with Gasteiger partial charge in [0, 0.05) is 52.0 Å². The Kier molecular flexibility index (Phi) is 8.75. The molecule has 2 aromatic rings. The first-order valence-electron chi connectivity index (χ1n) is 13.9. The van der Waals surface area contributed by atoms with Gasteiger partial charge in [-0.15, -0.1) is 0 Å². The summed E-state index contributed by atoms with van der Waals surface area (Å²) < 4.78 is 12.2. The summed E-state index contributed by atoms with van der Waals surface area (Å²) in [6.07, 6.45) is 7.45. The summed E-state index contributed by atoms with van der Waals surface area (Å²) in [5, 5.41) is 0. The maximum Gasteiger partial charge on any atom is 0.259 e. The number of hydrogen-bond acceptors (Lipinski definition) is 7. The third kappa shape index (κ3) is 6.45. The number of likely N-dealkylation sites (tertiary alicyclic amines) is 2. The lowest BCUT2D eigenvalue weighted by atomic mass is 10.0. The number of piperidine rings is 1. The fraction of sp³-hybridized carbons (Fsp3) is 0.552. The van der Waals surface area contributed by atoms with Crippen molar-refractivity contribution >= 4 is 11.8 Å². The van der Waals surface area contributed by atoms with Gasteiger partial charge in [0.05, 0.1) is 6.54 Å². The van der Waals surface area contributed by atoms with E-state index in [0.717, 1.165) is 39.0 Å². The number of carbonyl (C=O) groups is 2. The third-order valence-electron chi connectivity index (χ3n) is 7.79. The standard InChI is InChI=1S/C29H39N5O4/c1-31-17-18-33(22-27(35)34-16-5-4-9-23(34)21-32-14-6-7-15-32)19-20-37-25-11-2-3-12-26(25)38-28-24(29(31)36)10-8-13-30-28/h2-3,8,10-13,23H,4-7,9,14-22H2,1H3. The second-order valence-corrected chi connectivity index (χ2v) is 10.5. The summed E-state index contributed by atoms with van der Waals surface area (Å²) in [5.41, 5.74) is 0.393. The molecule has 1 unspecified atom stereocenters. The lowest BCUT2D eigenvalue weighted by Gasteiger charge is -2.39. The van der Waals surface area contributed by atoms with E-state index in [1.54, 1.807) is 36.3 Å². The molecule has 9 nitrogen and oxygen atoms in total. The molecule has 0 bridgehead atoms. The van der Waals surface area contributed by atoms with Gasteiger partial charge in [-0.1, -0.05) is 12.1 Å². The van der Waals surface area contributed by atoms with Crippen LogP contribution in [0.3, 0.4) is 0 Å². The quantitative estimate of drug-likeness (QED) is 0.612. The molecule has 1 aromatic heterocycles. The molecule has 3 aliphatic heterocycles. The van der Waals surface area contributed by atoms with Gasteiger partial charge in [0.2, 0.25) is 11.8 Å². The van der Waals surface area contributed by atoms with Crippen molar-refractivity contribution in [2.24, 2.45) is 0 Å². The van der Waals surface area contributed by atoms with Crippen LogP contribution in [0.2, 0.25) is 0 Å². The molecule has 2 fully saturated rings. The predicted molar refractivity (Wildman–Crippen MR) is 145 cm³/mol. The van der Waals surface area contributed by atoms with E-state index in [-0.39, 0.29) is 17.7 Å². The molecule has 4 heterocycles. The van der Waals surface area contributed by atoms with Crippen LogP contribution in [0, 0.1) is 0 Å². The van der Waals surface area contributed by atoms with Gasteiger partial charge in [-0.2, -0.15) is 0 Å². The Morgan fingerprint density at radius 3 is 2.55 bits per heavy atom. The van der Waals surface area contributed by atoms with Crippen molar-refractivity contribution in [1.82, 2.24) is 24.6 Å². The minimum absolute atomic E-state index is 0.168. The summed E-state index contributed by atoms with van der Waals surface area (Å²) in [4.78, 5) is 39.6. The van der Waals surface area contributed by atoms with Gasteiger partial charge in [0.15, 0.2) is 11.5 Å². The average Bonchev–Trinajstić information content (AvgIpc) is 3.45. The number of amides is 2. The first-order chi connectivity index (χ1) is 18.6. The Morgan fingerprint density at radius 2 is 1.71 bits per heavy atom. The lowest BCUT2D eigenvalue weighted by molar-refractivity contribution is -0.136. The van der Waals surface area contributed by atoms with Crippen LogP contribution in [0.4, 0.5) is 0 Å². The second-order valence-electron chi connectivity index (χ2n) is 10.5. The Labute approximate surface area is 225 Å². The minimum Gasteiger partial charge on any atom is -0.488 e. The smallest absolute Gasteiger partial charge is 0.259 e. The molecule has 1 aromatic carbocycles. The topological polar surface area (TPSA) is 78.5 Å². The fourth-order valence-electron chi connectivity index (χ4n) is 5.61. The van der Waals surface area contributed by atoms with Gasteiger partial charge in [0.1, 0.15) is 12.2 Å². The predicted octanol–water partition coefficient (Wildman–Crippen LogP) is 3.12. The number of benzene rings is 1. The molecule has 204 valence electrons. The SMILES string of the molecule is CN1CCN(CC(=O)N2CCCCC2CN2CCCC2)CCOc2ccccc2Oc2ncccc2C1=O. The lowest BCUT2D eigenvalue weighted by Crippen LogP contribution is -2.52. The third-order valence-corrected chi connectivity index (χ3v) is 7.79. The van der Waals surface area contributed by atoms with Crippen LogP contribution < -0.4 is 9.47 Å². The molecule has 9 heteroatoms. The van der Waals surface area contributed by atoms with Crippen molar-refractivity contribution < 1.29 is 19.1 Å². The van der Waals surface area contributed by atoms with Gasteiger partial charge in [-0.05, 0) is 69.5 Å². The van der Waals surface area contributed by atoms with Crippen molar-refractivity contribution in [2.75, 3.05) is 66.0 Å². The highest BCUT2D eigenvalue weighted by molar-refractivity contribution is 5.96. The van der Waals surface area contributed by atoms with Crippen molar-refractivity contribution in [1.29, 1.82) is 0 Å². The van der Waals surface area contributed by atoms with Crippen molar-refractivity contribution in [3.8, 4) is 17.4 Å².